The molecule has 70 valence electrons. The molecule has 0 bridgehead atoms. The van der Waals surface area contributed by atoms with Gasteiger partial charge in [0.05, 0.1) is 5.02 Å². The Labute approximate surface area is 80.7 Å². The molecule has 2 nitrogen and oxygen atoms in total. The molecule has 0 aliphatic rings. The zero-order valence-corrected chi connectivity index (χ0v) is 7.86. The SMILES string of the molecule is CC(=O)NCc1ccc(Cl)c(F)c1. The molecule has 0 spiro atoms. The van der Waals surface area contributed by atoms with Crippen molar-refractivity contribution in [2.24, 2.45) is 0 Å². The second kappa shape index (κ2) is 4.23. The fraction of sp³-hybridized carbons (Fsp3) is 0.222. The van der Waals surface area contributed by atoms with Crippen molar-refractivity contribution >= 4 is 17.5 Å². The van der Waals surface area contributed by atoms with Gasteiger partial charge in [0.25, 0.3) is 0 Å². The van der Waals surface area contributed by atoms with Crippen LogP contribution in [0.4, 0.5) is 4.39 Å². The van der Waals surface area contributed by atoms with Crippen LogP contribution in [0.3, 0.4) is 0 Å². The molecule has 0 fully saturated rings. The summed E-state index contributed by atoms with van der Waals surface area (Å²) < 4.78 is 12.9. The molecule has 0 aliphatic heterocycles. The number of nitrogens with one attached hydrogen (secondary N) is 1. The van der Waals surface area contributed by atoms with Crippen LogP contribution < -0.4 is 5.32 Å². The van der Waals surface area contributed by atoms with Crippen LogP contribution in [0.25, 0.3) is 0 Å². The Morgan fingerprint density at radius 3 is 2.85 bits per heavy atom. The Morgan fingerprint density at radius 1 is 1.62 bits per heavy atom. The number of hydrogen-bond acceptors (Lipinski definition) is 1. The Bertz CT molecular complexity index is 327. The van der Waals surface area contributed by atoms with Crippen molar-refractivity contribution in [3.05, 3.63) is 34.6 Å². The van der Waals surface area contributed by atoms with E-state index in [1.165, 1.54) is 19.1 Å². The molecule has 0 saturated heterocycles. The number of hydrogen-bond donors (Lipinski definition) is 1. The summed E-state index contributed by atoms with van der Waals surface area (Å²) in [4.78, 5) is 10.5. The van der Waals surface area contributed by atoms with Crippen molar-refractivity contribution in [3.8, 4) is 0 Å². The summed E-state index contributed by atoms with van der Waals surface area (Å²) in [6.07, 6.45) is 0. The maximum Gasteiger partial charge on any atom is 0.217 e. The van der Waals surface area contributed by atoms with Gasteiger partial charge in [-0.25, -0.2) is 4.39 Å². The van der Waals surface area contributed by atoms with Crippen molar-refractivity contribution < 1.29 is 9.18 Å². The highest BCUT2D eigenvalue weighted by atomic mass is 35.5. The number of carbonyl (C=O) groups is 1. The second-order valence-corrected chi connectivity index (χ2v) is 3.07. The van der Waals surface area contributed by atoms with E-state index in [2.05, 4.69) is 5.32 Å². The highest BCUT2D eigenvalue weighted by Crippen LogP contribution is 2.15. The number of carbonyl (C=O) groups excluding carboxylic acids is 1. The first kappa shape index (κ1) is 9.99. The van der Waals surface area contributed by atoms with Gasteiger partial charge >= 0.3 is 0 Å². The van der Waals surface area contributed by atoms with E-state index in [9.17, 15) is 9.18 Å². The molecular formula is C9H9ClFNO. The fourth-order valence-corrected chi connectivity index (χ4v) is 0.994. The van der Waals surface area contributed by atoms with E-state index in [-0.39, 0.29) is 10.9 Å². The van der Waals surface area contributed by atoms with Gasteiger partial charge in [0.2, 0.25) is 5.91 Å². The molecule has 1 aromatic rings. The normalized spacial score (nSPS) is 9.77. The van der Waals surface area contributed by atoms with Crippen molar-refractivity contribution in [1.82, 2.24) is 5.32 Å². The summed E-state index contributed by atoms with van der Waals surface area (Å²) in [5, 5.41) is 2.65. The zero-order valence-electron chi connectivity index (χ0n) is 7.10. The molecule has 0 aliphatic carbocycles. The van der Waals surface area contributed by atoms with Gasteiger partial charge in [-0.2, -0.15) is 0 Å². The van der Waals surface area contributed by atoms with E-state index in [0.29, 0.717) is 12.1 Å². The highest BCUT2D eigenvalue weighted by Gasteiger charge is 2.00. The molecule has 0 heterocycles. The summed E-state index contributed by atoms with van der Waals surface area (Å²) in [7, 11) is 0. The maximum atomic E-state index is 12.9. The van der Waals surface area contributed by atoms with Crippen LogP contribution >= 0.6 is 11.6 Å². The molecule has 1 N–H and O–H groups in total. The maximum absolute atomic E-state index is 12.9. The zero-order chi connectivity index (χ0) is 9.84. The number of halogens is 2. The molecule has 0 aromatic heterocycles. The van der Waals surface area contributed by atoms with Crippen molar-refractivity contribution in [1.29, 1.82) is 0 Å². The van der Waals surface area contributed by atoms with E-state index in [1.54, 1.807) is 6.07 Å². The summed E-state index contributed by atoms with van der Waals surface area (Å²) >= 11 is 5.48. The van der Waals surface area contributed by atoms with Gasteiger partial charge in [-0.1, -0.05) is 17.7 Å². The molecule has 0 saturated carbocycles. The summed E-state index contributed by atoms with van der Waals surface area (Å²) in [5.74, 6) is -0.611. The second-order valence-electron chi connectivity index (χ2n) is 2.66. The first-order valence-electron chi connectivity index (χ1n) is 3.78. The van der Waals surface area contributed by atoms with Gasteiger partial charge in [0, 0.05) is 13.5 Å². The van der Waals surface area contributed by atoms with Crippen molar-refractivity contribution in [3.63, 3.8) is 0 Å². The predicted octanol–water partition coefficient (Wildman–Crippen LogP) is 2.12. The van der Waals surface area contributed by atoms with Gasteiger partial charge < -0.3 is 5.32 Å². The monoisotopic (exact) mass is 201 g/mol. The molecule has 1 aromatic carbocycles. The largest absolute Gasteiger partial charge is 0.352 e. The Kier molecular flexibility index (Phi) is 3.25. The van der Waals surface area contributed by atoms with Crippen LogP contribution in [0, 0.1) is 5.82 Å². The molecule has 1 amide bonds. The number of amides is 1. The summed E-state index contributed by atoms with van der Waals surface area (Å²) in [6.45, 7) is 1.73. The average molecular weight is 202 g/mol. The van der Waals surface area contributed by atoms with Gasteiger partial charge in [-0.05, 0) is 17.7 Å². The van der Waals surface area contributed by atoms with Crippen LogP contribution in [-0.4, -0.2) is 5.91 Å². The summed E-state index contributed by atoms with van der Waals surface area (Å²) in [6, 6.07) is 4.44. The van der Waals surface area contributed by atoms with Crippen LogP contribution in [-0.2, 0) is 11.3 Å². The lowest BCUT2D eigenvalue weighted by atomic mass is 10.2. The number of benzene rings is 1. The molecule has 0 unspecified atom stereocenters. The minimum atomic E-state index is -0.468. The Balaban J connectivity index is 2.68. The van der Waals surface area contributed by atoms with Crippen LogP contribution in [0.2, 0.25) is 5.02 Å². The standard InChI is InChI=1S/C9H9ClFNO/c1-6(13)12-5-7-2-3-8(10)9(11)4-7/h2-4H,5H2,1H3,(H,12,13). The molecular weight excluding hydrogens is 193 g/mol. The third-order valence-corrected chi connectivity index (χ3v) is 1.83. The molecule has 0 atom stereocenters. The lowest BCUT2D eigenvalue weighted by molar-refractivity contribution is -0.119. The fourth-order valence-electron chi connectivity index (χ4n) is 0.876. The van der Waals surface area contributed by atoms with Gasteiger partial charge in [0.1, 0.15) is 5.82 Å². The topological polar surface area (TPSA) is 29.1 Å². The predicted molar refractivity (Wildman–Crippen MR) is 48.9 cm³/mol. The van der Waals surface area contributed by atoms with Gasteiger partial charge in [-0.3, -0.25) is 4.79 Å². The van der Waals surface area contributed by atoms with Gasteiger partial charge in [0.15, 0.2) is 0 Å². The third kappa shape index (κ3) is 3.03. The van der Waals surface area contributed by atoms with E-state index >= 15 is 0 Å². The van der Waals surface area contributed by atoms with Gasteiger partial charge in [-0.15, -0.1) is 0 Å². The molecule has 1 rings (SSSR count). The third-order valence-electron chi connectivity index (χ3n) is 1.53. The van der Waals surface area contributed by atoms with Crippen LogP contribution in [0.1, 0.15) is 12.5 Å². The molecule has 13 heavy (non-hydrogen) atoms. The van der Waals surface area contributed by atoms with E-state index < -0.39 is 5.82 Å². The molecule has 4 heteroatoms. The highest BCUT2D eigenvalue weighted by molar-refractivity contribution is 6.30. The van der Waals surface area contributed by atoms with Crippen LogP contribution in [0.15, 0.2) is 18.2 Å². The first-order valence-corrected chi connectivity index (χ1v) is 4.16. The lowest BCUT2D eigenvalue weighted by Gasteiger charge is -2.02. The van der Waals surface area contributed by atoms with E-state index in [1.807, 2.05) is 0 Å². The Morgan fingerprint density at radius 2 is 2.31 bits per heavy atom. The lowest BCUT2D eigenvalue weighted by Crippen LogP contribution is -2.18. The van der Waals surface area contributed by atoms with Crippen molar-refractivity contribution in [2.75, 3.05) is 0 Å². The quantitative estimate of drug-likeness (QED) is 0.780. The van der Waals surface area contributed by atoms with Crippen LogP contribution in [0.5, 0.6) is 0 Å². The summed E-state index contributed by atoms with van der Waals surface area (Å²) in [5.41, 5.74) is 0.692. The average Bonchev–Trinajstić information content (AvgIpc) is 2.07. The van der Waals surface area contributed by atoms with Crippen molar-refractivity contribution in [2.45, 2.75) is 13.5 Å². The van der Waals surface area contributed by atoms with E-state index in [0.717, 1.165) is 0 Å². The minimum absolute atomic E-state index is 0.0894. The number of rotatable bonds is 2. The smallest absolute Gasteiger partial charge is 0.217 e. The molecule has 0 radical (unpaired) electrons. The Hall–Kier alpha value is -1.09. The minimum Gasteiger partial charge on any atom is -0.352 e. The first-order chi connectivity index (χ1) is 6.09. The van der Waals surface area contributed by atoms with E-state index in [4.69, 9.17) is 11.6 Å².